The van der Waals surface area contributed by atoms with Crippen LogP contribution in [0.2, 0.25) is 0 Å². The third kappa shape index (κ3) is 2.56. The summed E-state index contributed by atoms with van der Waals surface area (Å²) in [6.45, 7) is 1.09. The van der Waals surface area contributed by atoms with Crippen molar-refractivity contribution in [2.45, 2.75) is 24.5 Å². The molecule has 1 saturated heterocycles. The van der Waals surface area contributed by atoms with Crippen molar-refractivity contribution >= 4 is 33.1 Å². The Kier molecular flexibility index (Phi) is 3.85. The molecule has 20 heavy (non-hydrogen) atoms. The number of rotatable bonds is 1. The fourth-order valence-corrected chi connectivity index (χ4v) is 2.67. The number of hydrogen-bond donors (Lipinski definition) is 1. The van der Waals surface area contributed by atoms with Gasteiger partial charge in [-0.2, -0.15) is 17.6 Å². The van der Waals surface area contributed by atoms with Crippen molar-refractivity contribution in [3.8, 4) is 0 Å². The van der Waals surface area contributed by atoms with E-state index in [1.165, 1.54) is 0 Å². The van der Waals surface area contributed by atoms with Gasteiger partial charge in [-0.3, -0.25) is 0 Å². The number of benzene rings is 1. The van der Waals surface area contributed by atoms with Crippen molar-refractivity contribution in [1.29, 1.82) is 0 Å². The number of alkyl halides is 4. The van der Waals surface area contributed by atoms with E-state index in [9.17, 15) is 17.6 Å². The first kappa shape index (κ1) is 15.7. The molecule has 0 bridgehead atoms. The van der Waals surface area contributed by atoms with Crippen molar-refractivity contribution in [1.82, 2.24) is 5.32 Å². The van der Waals surface area contributed by atoms with Gasteiger partial charge in [-0.05, 0) is 24.6 Å². The van der Waals surface area contributed by atoms with E-state index in [0.29, 0.717) is 5.56 Å². The number of morpholine rings is 1. The van der Waals surface area contributed by atoms with Gasteiger partial charge in [0.05, 0.1) is 12.1 Å². The van der Waals surface area contributed by atoms with Crippen LogP contribution in [0.1, 0.15) is 12.5 Å². The summed E-state index contributed by atoms with van der Waals surface area (Å²) in [4.78, 5) is -1.02. The van der Waals surface area contributed by atoms with Gasteiger partial charge in [-0.25, -0.2) is 0 Å². The average Bonchev–Trinajstić information content (AvgIpc) is 2.33. The first-order valence-corrected chi connectivity index (χ1v) is 6.77. The molecule has 1 aliphatic heterocycles. The Bertz CT molecular complexity index is 553. The van der Waals surface area contributed by atoms with Crippen LogP contribution in [0.3, 0.4) is 0 Å². The molecule has 1 N–H and O–H groups in total. The lowest BCUT2D eigenvalue weighted by atomic mass is 9.91. The molecule has 110 valence electrons. The van der Waals surface area contributed by atoms with Gasteiger partial charge < -0.3 is 10.1 Å². The zero-order chi connectivity index (χ0) is 15.2. The molecule has 0 radical (unpaired) electrons. The molecule has 0 aromatic heterocycles. The molecule has 2 atom stereocenters. The third-order valence-electron chi connectivity index (χ3n) is 3.07. The molecule has 1 aromatic carbocycles. The molecule has 2 rings (SSSR count). The third-order valence-corrected chi connectivity index (χ3v) is 3.93. The predicted octanol–water partition coefficient (Wildman–Crippen LogP) is 3.84. The number of thiocarbonyl (C=S) groups is 1. The van der Waals surface area contributed by atoms with Gasteiger partial charge in [0.2, 0.25) is 0 Å². The molecule has 1 heterocycles. The summed E-state index contributed by atoms with van der Waals surface area (Å²) < 4.78 is 57.0. The maximum Gasteiger partial charge on any atom is 0.455 e. The smallest absolute Gasteiger partial charge is 0.363 e. The first-order valence-electron chi connectivity index (χ1n) is 5.57. The SMILES string of the molecule is CC1(c2cccc(Br)c2)COC(F)(C(F)(F)F)C(=S)N1. The summed E-state index contributed by atoms with van der Waals surface area (Å²) in [6.07, 6.45) is -5.21. The fraction of sp³-hybridized carbons (Fsp3) is 0.417. The Morgan fingerprint density at radius 2 is 2.05 bits per heavy atom. The summed E-state index contributed by atoms with van der Waals surface area (Å²) in [6, 6.07) is 6.89. The van der Waals surface area contributed by atoms with Crippen LogP contribution in [0, 0.1) is 0 Å². The molecule has 0 saturated carbocycles. The Morgan fingerprint density at radius 1 is 1.40 bits per heavy atom. The molecule has 2 nitrogen and oxygen atoms in total. The molecule has 2 unspecified atom stereocenters. The van der Waals surface area contributed by atoms with E-state index >= 15 is 0 Å². The van der Waals surface area contributed by atoms with E-state index in [1.54, 1.807) is 31.2 Å². The van der Waals surface area contributed by atoms with Gasteiger partial charge >= 0.3 is 12.0 Å². The Balaban J connectivity index is 2.31. The Hall–Kier alpha value is -0.730. The number of nitrogens with one attached hydrogen (secondary N) is 1. The Morgan fingerprint density at radius 3 is 2.55 bits per heavy atom. The van der Waals surface area contributed by atoms with Crippen LogP contribution in [0.4, 0.5) is 17.6 Å². The molecule has 1 fully saturated rings. The molecule has 8 heteroatoms. The highest BCUT2D eigenvalue weighted by atomic mass is 79.9. The normalized spacial score (nSPS) is 31.0. The Labute approximate surface area is 126 Å². The highest BCUT2D eigenvalue weighted by Crippen LogP contribution is 2.41. The zero-order valence-corrected chi connectivity index (χ0v) is 12.6. The quantitative estimate of drug-likeness (QED) is 0.598. The lowest BCUT2D eigenvalue weighted by molar-refractivity contribution is -0.308. The van der Waals surface area contributed by atoms with Gasteiger partial charge in [0.15, 0.2) is 4.99 Å². The minimum atomic E-state index is -5.21. The van der Waals surface area contributed by atoms with Gasteiger partial charge in [0, 0.05) is 4.47 Å². The van der Waals surface area contributed by atoms with Crippen LogP contribution in [0.25, 0.3) is 0 Å². The van der Waals surface area contributed by atoms with Crippen LogP contribution >= 0.6 is 28.1 Å². The van der Waals surface area contributed by atoms with Crippen LogP contribution in [-0.4, -0.2) is 23.6 Å². The minimum Gasteiger partial charge on any atom is -0.363 e. The largest absolute Gasteiger partial charge is 0.455 e. The van der Waals surface area contributed by atoms with Crippen LogP contribution in [-0.2, 0) is 10.3 Å². The van der Waals surface area contributed by atoms with Crippen LogP contribution in [0.5, 0.6) is 0 Å². The second kappa shape index (κ2) is 4.92. The van der Waals surface area contributed by atoms with E-state index in [1.807, 2.05) is 0 Å². The summed E-state index contributed by atoms with van der Waals surface area (Å²) in [7, 11) is 0. The maximum atomic E-state index is 13.9. The van der Waals surface area contributed by atoms with Crippen molar-refractivity contribution < 1.29 is 22.3 Å². The lowest BCUT2D eigenvalue weighted by Gasteiger charge is -2.43. The first-order chi connectivity index (χ1) is 9.08. The molecule has 0 spiro atoms. The summed E-state index contributed by atoms with van der Waals surface area (Å²) >= 11 is 7.79. The standard InChI is InChI=1S/C12H10BrF4NOS/c1-10(7-3-2-4-8(13)5-7)6-19-11(14,9(20)18-10)12(15,16)17/h2-5H,6H2,1H3,(H,18,20). The topological polar surface area (TPSA) is 21.3 Å². The van der Waals surface area contributed by atoms with Crippen molar-refractivity contribution in [3.05, 3.63) is 34.3 Å². The number of ether oxygens (including phenoxy) is 1. The summed E-state index contributed by atoms with van der Waals surface area (Å²) in [5.41, 5.74) is -0.389. The number of halogens is 5. The van der Waals surface area contributed by atoms with Crippen molar-refractivity contribution in [2.75, 3.05) is 6.61 Å². The van der Waals surface area contributed by atoms with E-state index in [-0.39, 0.29) is 0 Å². The van der Waals surface area contributed by atoms with E-state index in [2.05, 4.69) is 38.2 Å². The maximum absolute atomic E-state index is 13.9. The molecule has 1 aromatic rings. The van der Waals surface area contributed by atoms with Gasteiger partial charge in [-0.15, -0.1) is 0 Å². The van der Waals surface area contributed by atoms with E-state index in [0.717, 1.165) is 4.47 Å². The molecule has 0 amide bonds. The highest BCUT2D eigenvalue weighted by Gasteiger charge is 2.64. The molecular formula is C12H10BrF4NOS. The molecule has 0 aliphatic carbocycles. The van der Waals surface area contributed by atoms with Crippen molar-refractivity contribution in [2.24, 2.45) is 0 Å². The van der Waals surface area contributed by atoms with Gasteiger partial charge in [0.25, 0.3) is 0 Å². The highest BCUT2D eigenvalue weighted by molar-refractivity contribution is 9.10. The molecule has 1 aliphatic rings. The van der Waals surface area contributed by atoms with Crippen molar-refractivity contribution in [3.63, 3.8) is 0 Å². The summed E-state index contributed by atoms with van der Waals surface area (Å²) in [5, 5.41) is 2.42. The number of hydrogen-bond acceptors (Lipinski definition) is 2. The zero-order valence-electron chi connectivity index (χ0n) is 10.2. The van der Waals surface area contributed by atoms with E-state index in [4.69, 9.17) is 0 Å². The predicted molar refractivity (Wildman–Crippen MR) is 73.1 cm³/mol. The summed E-state index contributed by atoms with van der Waals surface area (Å²) in [5.74, 6) is -3.94. The lowest BCUT2D eigenvalue weighted by Crippen LogP contribution is -2.65. The van der Waals surface area contributed by atoms with Crippen LogP contribution < -0.4 is 5.32 Å². The van der Waals surface area contributed by atoms with E-state index < -0.39 is 29.2 Å². The van der Waals surface area contributed by atoms with Crippen LogP contribution in [0.15, 0.2) is 28.7 Å². The second-order valence-electron chi connectivity index (χ2n) is 4.68. The monoisotopic (exact) mass is 371 g/mol. The fourth-order valence-electron chi connectivity index (χ4n) is 1.87. The van der Waals surface area contributed by atoms with Gasteiger partial charge in [0.1, 0.15) is 0 Å². The molecular weight excluding hydrogens is 362 g/mol. The average molecular weight is 372 g/mol. The second-order valence-corrected chi connectivity index (χ2v) is 6.00. The minimum absolute atomic E-state index is 0.500. The van der Waals surface area contributed by atoms with Gasteiger partial charge in [-0.1, -0.05) is 40.3 Å².